The Kier molecular flexibility index (Phi) is 4.20. The highest BCUT2D eigenvalue weighted by Crippen LogP contribution is 2.29. The summed E-state index contributed by atoms with van der Waals surface area (Å²) in [6.45, 7) is 4.86. The van der Waals surface area contributed by atoms with Crippen LogP contribution in [-0.4, -0.2) is 24.9 Å². The van der Waals surface area contributed by atoms with Gasteiger partial charge in [-0.15, -0.1) is 0 Å². The summed E-state index contributed by atoms with van der Waals surface area (Å²) in [5.74, 6) is 0.545. The van der Waals surface area contributed by atoms with Crippen LogP contribution in [0.3, 0.4) is 0 Å². The SMILES string of the molecule is COCCOc1c(N)cc(C#N)n1C(C)C. The molecule has 0 atom stereocenters. The van der Waals surface area contributed by atoms with Gasteiger partial charge in [0.15, 0.2) is 0 Å². The van der Waals surface area contributed by atoms with Crippen molar-refractivity contribution in [1.82, 2.24) is 4.57 Å². The third-order valence-electron chi connectivity index (χ3n) is 2.17. The van der Waals surface area contributed by atoms with Crippen molar-refractivity contribution in [2.75, 3.05) is 26.1 Å². The molecule has 0 spiro atoms. The molecule has 0 aliphatic carbocycles. The van der Waals surface area contributed by atoms with Crippen molar-refractivity contribution in [3.63, 3.8) is 0 Å². The van der Waals surface area contributed by atoms with Gasteiger partial charge in [0.05, 0.1) is 12.3 Å². The van der Waals surface area contributed by atoms with Crippen LogP contribution in [0.5, 0.6) is 5.88 Å². The first-order chi connectivity index (χ1) is 7.61. The molecule has 16 heavy (non-hydrogen) atoms. The lowest BCUT2D eigenvalue weighted by Crippen LogP contribution is -2.11. The molecule has 88 valence electrons. The summed E-state index contributed by atoms with van der Waals surface area (Å²) in [6.07, 6.45) is 0. The molecule has 0 radical (unpaired) electrons. The second kappa shape index (κ2) is 5.42. The Balaban J connectivity index is 2.97. The van der Waals surface area contributed by atoms with Crippen LogP contribution in [0.4, 0.5) is 5.69 Å². The molecule has 2 N–H and O–H groups in total. The summed E-state index contributed by atoms with van der Waals surface area (Å²) >= 11 is 0. The molecule has 0 unspecified atom stereocenters. The smallest absolute Gasteiger partial charge is 0.218 e. The minimum absolute atomic E-state index is 0.129. The lowest BCUT2D eigenvalue weighted by molar-refractivity contribution is 0.140. The third-order valence-corrected chi connectivity index (χ3v) is 2.17. The van der Waals surface area contributed by atoms with Crippen LogP contribution < -0.4 is 10.5 Å². The van der Waals surface area contributed by atoms with Crippen LogP contribution in [0, 0.1) is 11.3 Å². The van der Waals surface area contributed by atoms with E-state index in [0.29, 0.717) is 30.5 Å². The van der Waals surface area contributed by atoms with E-state index in [1.54, 1.807) is 17.7 Å². The number of nitrogen functional groups attached to an aromatic ring is 1. The zero-order valence-corrected chi connectivity index (χ0v) is 9.86. The van der Waals surface area contributed by atoms with E-state index in [9.17, 15) is 0 Å². The van der Waals surface area contributed by atoms with Gasteiger partial charge in [0.2, 0.25) is 5.88 Å². The molecule has 1 rings (SSSR count). The number of rotatable bonds is 5. The molecule has 0 saturated heterocycles. The largest absolute Gasteiger partial charge is 0.475 e. The molecule has 1 heterocycles. The minimum atomic E-state index is 0.129. The Morgan fingerprint density at radius 3 is 2.69 bits per heavy atom. The Hall–Kier alpha value is -1.67. The van der Waals surface area contributed by atoms with Gasteiger partial charge >= 0.3 is 0 Å². The van der Waals surface area contributed by atoms with Crippen LogP contribution >= 0.6 is 0 Å². The van der Waals surface area contributed by atoms with Crippen molar-refractivity contribution in [2.24, 2.45) is 0 Å². The number of aromatic nitrogens is 1. The summed E-state index contributed by atoms with van der Waals surface area (Å²) in [5.41, 5.74) is 6.80. The van der Waals surface area contributed by atoms with E-state index < -0.39 is 0 Å². The maximum atomic E-state index is 8.97. The standard InChI is InChI=1S/C11H17N3O2/c1-8(2)14-9(7-12)6-10(13)11(14)16-5-4-15-3/h6,8H,4-5,13H2,1-3H3. The second-order valence-corrected chi connectivity index (χ2v) is 3.71. The Labute approximate surface area is 95.4 Å². The fourth-order valence-corrected chi connectivity index (χ4v) is 1.50. The van der Waals surface area contributed by atoms with Gasteiger partial charge in [-0.1, -0.05) is 0 Å². The predicted molar refractivity (Wildman–Crippen MR) is 61.3 cm³/mol. The maximum absolute atomic E-state index is 8.97. The average Bonchev–Trinajstić information content (AvgIpc) is 2.56. The number of ether oxygens (including phenoxy) is 2. The number of hydrogen-bond acceptors (Lipinski definition) is 4. The molecule has 0 saturated carbocycles. The molecule has 0 amide bonds. The average molecular weight is 223 g/mol. The summed E-state index contributed by atoms with van der Waals surface area (Å²) < 4.78 is 12.2. The Morgan fingerprint density at radius 2 is 2.19 bits per heavy atom. The molecule has 0 fully saturated rings. The quantitative estimate of drug-likeness (QED) is 0.768. The van der Waals surface area contributed by atoms with E-state index in [-0.39, 0.29) is 6.04 Å². The minimum Gasteiger partial charge on any atom is -0.475 e. The van der Waals surface area contributed by atoms with Gasteiger partial charge in [-0.3, -0.25) is 4.57 Å². The van der Waals surface area contributed by atoms with Crippen molar-refractivity contribution < 1.29 is 9.47 Å². The fourth-order valence-electron chi connectivity index (χ4n) is 1.50. The third kappa shape index (κ3) is 2.47. The van der Waals surface area contributed by atoms with Crippen molar-refractivity contribution in [2.45, 2.75) is 19.9 Å². The molecule has 5 heteroatoms. The van der Waals surface area contributed by atoms with E-state index >= 15 is 0 Å². The Morgan fingerprint density at radius 1 is 1.50 bits per heavy atom. The van der Waals surface area contributed by atoms with Gasteiger partial charge < -0.3 is 15.2 Å². The number of hydrogen-bond donors (Lipinski definition) is 1. The molecule has 0 aliphatic heterocycles. The van der Waals surface area contributed by atoms with Gasteiger partial charge in [-0.2, -0.15) is 5.26 Å². The molecule has 1 aromatic rings. The maximum Gasteiger partial charge on any atom is 0.218 e. The first kappa shape index (κ1) is 12.4. The summed E-state index contributed by atoms with van der Waals surface area (Å²) in [7, 11) is 1.61. The summed E-state index contributed by atoms with van der Waals surface area (Å²) in [4.78, 5) is 0. The normalized spacial score (nSPS) is 10.4. The summed E-state index contributed by atoms with van der Waals surface area (Å²) in [5, 5.41) is 8.97. The Bertz CT molecular complexity index is 391. The lowest BCUT2D eigenvalue weighted by Gasteiger charge is -2.15. The van der Waals surface area contributed by atoms with Gasteiger partial charge in [0, 0.05) is 19.2 Å². The second-order valence-electron chi connectivity index (χ2n) is 3.71. The highest BCUT2D eigenvalue weighted by atomic mass is 16.5. The van der Waals surface area contributed by atoms with Crippen LogP contribution in [0.15, 0.2) is 6.07 Å². The zero-order chi connectivity index (χ0) is 12.1. The molecular weight excluding hydrogens is 206 g/mol. The van der Waals surface area contributed by atoms with Crippen LogP contribution in [-0.2, 0) is 4.74 Å². The van der Waals surface area contributed by atoms with Crippen LogP contribution in [0.2, 0.25) is 0 Å². The monoisotopic (exact) mass is 223 g/mol. The summed E-state index contributed by atoms with van der Waals surface area (Å²) in [6, 6.07) is 3.86. The van der Waals surface area contributed by atoms with E-state index in [0.717, 1.165) is 0 Å². The molecule has 0 bridgehead atoms. The highest BCUT2D eigenvalue weighted by molar-refractivity contribution is 5.55. The lowest BCUT2D eigenvalue weighted by atomic mass is 10.3. The molecule has 0 aliphatic rings. The van der Waals surface area contributed by atoms with E-state index in [4.69, 9.17) is 20.5 Å². The number of nitriles is 1. The predicted octanol–water partition coefficient (Wildman–Crippen LogP) is 1.55. The molecule has 5 nitrogen and oxygen atoms in total. The van der Waals surface area contributed by atoms with Crippen molar-refractivity contribution in [3.05, 3.63) is 11.8 Å². The van der Waals surface area contributed by atoms with Crippen LogP contribution in [0.1, 0.15) is 25.6 Å². The van der Waals surface area contributed by atoms with Gasteiger partial charge in [-0.25, -0.2) is 0 Å². The molecule has 0 aromatic carbocycles. The van der Waals surface area contributed by atoms with Gasteiger partial charge in [-0.05, 0) is 13.8 Å². The zero-order valence-electron chi connectivity index (χ0n) is 9.86. The number of nitrogens with two attached hydrogens (primary N) is 1. The molecular formula is C11H17N3O2. The number of methoxy groups -OCH3 is 1. The van der Waals surface area contributed by atoms with E-state index in [2.05, 4.69) is 6.07 Å². The van der Waals surface area contributed by atoms with Crippen molar-refractivity contribution >= 4 is 5.69 Å². The number of anilines is 1. The first-order valence-corrected chi connectivity index (χ1v) is 5.14. The van der Waals surface area contributed by atoms with Crippen molar-refractivity contribution in [1.29, 1.82) is 5.26 Å². The topological polar surface area (TPSA) is 73.2 Å². The van der Waals surface area contributed by atoms with Gasteiger partial charge in [0.25, 0.3) is 0 Å². The highest BCUT2D eigenvalue weighted by Gasteiger charge is 2.16. The van der Waals surface area contributed by atoms with E-state index in [1.807, 2.05) is 13.8 Å². The van der Waals surface area contributed by atoms with Gasteiger partial charge in [0.1, 0.15) is 18.4 Å². The number of nitrogens with zero attached hydrogens (tertiary/aromatic N) is 2. The van der Waals surface area contributed by atoms with Crippen LogP contribution in [0.25, 0.3) is 0 Å². The fraction of sp³-hybridized carbons (Fsp3) is 0.545. The first-order valence-electron chi connectivity index (χ1n) is 5.14. The molecule has 1 aromatic heterocycles. The van der Waals surface area contributed by atoms with Crippen molar-refractivity contribution in [3.8, 4) is 11.9 Å². The van der Waals surface area contributed by atoms with E-state index in [1.165, 1.54) is 0 Å².